The van der Waals surface area contributed by atoms with Crippen molar-refractivity contribution in [2.24, 2.45) is 7.05 Å². The Morgan fingerprint density at radius 2 is 1.87 bits per heavy atom. The third-order valence-corrected chi connectivity index (χ3v) is 5.81. The highest BCUT2D eigenvalue weighted by atomic mass is 32.1. The number of aryl methyl sites for hydroxylation is 1. The standard InChI is InChI=1S/C23H22N4O3S/c1-27-13-12-24-21(27)20(17-6-4-5-7-19(17)30-3)26-22(28)18-14-31-23(25-18)15-8-10-16(29-2)11-9-15/h4-14,20H,1-3H3,(H,26,28). The predicted molar refractivity (Wildman–Crippen MR) is 120 cm³/mol. The zero-order valence-corrected chi connectivity index (χ0v) is 18.2. The summed E-state index contributed by atoms with van der Waals surface area (Å²) in [5.41, 5.74) is 2.10. The van der Waals surface area contributed by atoms with Crippen molar-refractivity contribution in [3.05, 3.63) is 83.4 Å². The lowest BCUT2D eigenvalue weighted by atomic mass is 10.0. The summed E-state index contributed by atoms with van der Waals surface area (Å²) in [7, 11) is 5.12. The number of hydrogen-bond donors (Lipinski definition) is 1. The van der Waals surface area contributed by atoms with E-state index in [1.165, 1.54) is 11.3 Å². The van der Waals surface area contributed by atoms with Crippen LogP contribution in [0.25, 0.3) is 10.6 Å². The summed E-state index contributed by atoms with van der Waals surface area (Å²) in [4.78, 5) is 22.1. The van der Waals surface area contributed by atoms with Crippen LogP contribution in [0.15, 0.2) is 66.3 Å². The Bertz CT molecular complexity index is 1180. The van der Waals surface area contributed by atoms with Gasteiger partial charge in [0.1, 0.15) is 34.1 Å². The molecule has 0 spiro atoms. The Kier molecular flexibility index (Phi) is 5.99. The number of imidazole rings is 1. The SMILES string of the molecule is COc1ccc(-c2nc(C(=O)NC(c3ccccc3OC)c3nccn3C)cs2)cc1. The van der Waals surface area contributed by atoms with Crippen LogP contribution in [0, 0.1) is 0 Å². The molecule has 4 aromatic rings. The number of carbonyl (C=O) groups excluding carboxylic acids is 1. The van der Waals surface area contributed by atoms with Gasteiger partial charge in [-0.25, -0.2) is 9.97 Å². The van der Waals surface area contributed by atoms with Gasteiger partial charge in [-0.3, -0.25) is 4.79 Å². The van der Waals surface area contributed by atoms with E-state index in [1.807, 2.05) is 66.3 Å². The van der Waals surface area contributed by atoms with Gasteiger partial charge >= 0.3 is 0 Å². The number of carbonyl (C=O) groups is 1. The van der Waals surface area contributed by atoms with Crippen molar-refractivity contribution in [1.82, 2.24) is 19.9 Å². The van der Waals surface area contributed by atoms with E-state index in [1.54, 1.807) is 25.8 Å². The minimum Gasteiger partial charge on any atom is -0.497 e. The number of amides is 1. The number of rotatable bonds is 7. The molecule has 0 aliphatic heterocycles. The minimum absolute atomic E-state index is 0.282. The lowest BCUT2D eigenvalue weighted by Gasteiger charge is -2.20. The molecule has 0 fully saturated rings. The van der Waals surface area contributed by atoms with E-state index < -0.39 is 6.04 Å². The average molecular weight is 435 g/mol. The normalized spacial score (nSPS) is 11.7. The molecule has 0 radical (unpaired) electrons. The van der Waals surface area contributed by atoms with E-state index in [0.29, 0.717) is 17.3 Å². The number of para-hydroxylation sites is 1. The molecule has 2 aromatic heterocycles. The van der Waals surface area contributed by atoms with Crippen molar-refractivity contribution in [1.29, 1.82) is 0 Å². The molecule has 8 heteroatoms. The Morgan fingerprint density at radius 1 is 1.10 bits per heavy atom. The molecule has 1 amide bonds. The fraction of sp³-hybridized carbons (Fsp3) is 0.174. The lowest BCUT2D eigenvalue weighted by molar-refractivity contribution is 0.0936. The van der Waals surface area contributed by atoms with E-state index >= 15 is 0 Å². The summed E-state index contributed by atoms with van der Waals surface area (Å²) >= 11 is 1.42. The molecule has 4 rings (SSSR count). The van der Waals surface area contributed by atoms with E-state index in [0.717, 1.165) is 21.9 Å². The number of methoxy groups -OCH3 is 2. The monoisotopic (exact) mass is 434 g/mol. The van der Waals surface area contributed by atoms with E-state index in [9.17, 15) is 4.79 Å². The summed E-state index contributed by atoms with van der Waals surface area (Å²) in [5.74, 6) is 1.86. The molecule has 0 saturated heterocycles. The zero-order valence-electron chi connectivity index (χ0n) is 17.4. The van der Waals surface area contributed by atoms with Crippen molar-refractivity contribution in [2.45, 2.75) is 6.04 Å². The third-order valence-electron chi connectivity index (χ3n) is 4.92. The van der Waals surface area contributed by atoms with E-state index in [4.69, 9.17) is 9.47 Å². The Hall–Kier alpha value is -3.65. The van der Waals surface area contributed by atoms with Crippen LogP contribution >= 0.6 is 11.3 Å². The molecule has 1 N–H and O–H groups in total. The summed E-state index contributed by atoms with van der Waals surface area (Å²) in [6, 6.07) is 14.7. The number of nitrogens with one attached hydrogen (secondary N) is 1. The third kappa shape index (κ3) is 4.29. The number of nitrogens with zero attached hydrogens (tertiary/aromatic N) is 3. The van der Waals surface area contributed by atoms with Crippen LogP contribution in [0.5, 0.6) is 11.5 Å². The number of benzene rings is 2. The molecule has 2 heterocycles. The molecule has 0 aliphatic carbocycles. The smallest absolute Gasteiger partial charge is 0.271 e. The summed E-state index contributed by atoms with van der Waals surface area (Å²) in [5, 5.41) is 5.59. The molecule has 31 heavy (non-hydrogen) atoms. The van der Waals surface area contributed by atoms with Gasteiger partial charge < -0.3 is 19.4 Å². The highest BCUT2D eigenvalue weighted by Gasteiger charge is 2.25. The molecule has 7 nitrogen and oxygen atoms in total. The van der Waals surface area contributed by atoms with E-state index in [-0.39, 0.29) is 5.91 Å². The van der Waals surface area contributed by atoms with Crippen molar-refractivity contribution in [3.8, 4) is 22.1 Å². The van der Waals surface area contributed by atoms with Crippen molar-refractivity contribution < 1.29 is 14.3 Å². The Balaban J connectivity index is 1.62. The van der Waals surface area contributed by atoms with Gasteiger partial charge in [0, 0.05) is 35.9 Å². The molecule has 2 aromatic carbocycles. The van der Waals surface area contributed by atoms with Crippen LogP contribution in [0.2, 0.25) is 0 Å². The van der Waals surface area contributed by atoms with Crippen LogP contribution in [-0.4, -0.2) is 34.7 Å². The molecule has 1 atom stereocenters. The second-order valence-electron chi connectivity index (χ2n) is 6.81. The van der Waals surface area contributed by atoms with Gasteiger partial charge in [-0.2, -0.15) is 0 Å². The first-order valence-electron chi connectivity index (χ1n) is 9.61. The molecule has 158 valence electrons. The van der Waals surface area contributed by atoms with Crippen LogP contribution in [-0.2, 0) is 7.05 Å². The van der Waals surface area contributed by atoms with Crippen LogP contribution in [0.1, 0.15) is 27.9 Å². The Morgan fingerprint density at radius 3 is 2.55 bits per heavy atom. The average Bonchev–Trinajstić information content (AvgIpc) is 3.47. The Labute approximate surface area is 184 Å². The minimum atomic E-state index is -0.491. The molecule has 0 saturated carbocycles. The van der Waals surface area contributed by atoms with Crippen LogP contribution < -0.4 is 14.8 Å². The van der Waals surface area contributed by atoms with E-state index in [2.05, 4.69) is 15.3 Å². The first kappa shape index (κ1) is 20.6. The number of aromatic nitrogens is 3. The second-order valence-corrected chi connectivity index (χ2v) is 7.67. The number of hydrogen-bond acceptors (Lipinski definition) is 6. The summed E-state index contributed by atoms with van der Waals surface area (Å²) in [6.07, 6.45) is 3.54. The fourth-order valence-electron chi connectivity index (χ4n) is 3.29. The van der Waals surface area contributed by atoms with Crippen LogP contribution in [0.4, 0.5) is 0 Å². The van der Waals surface area contributed by atoms with Gasteiger partial charge in [0.05, 0.1) is 14.2 Å². The number of ether oxygens (including phenoxy) is 2. The van der Waals surface area contributed by atoms with Gasteiger partial charge in [-0.05, 0) is 30.3 Å². The topological polar surface area (TPSA) is 78.3 Å². The summed E-state index contributed by atoms with van der Waals surface area (Å²) in [6.45, 7) is 0. The van der Waals surface area contributed by atoms with Crippen molar-refractivity contribution >= 4 is 17.2 Å². The van der Waals surface area contributed by atoms with Gasteiger partial charge in [-0.1, -0.05) is 18.2 Å². The lowest BCUT2D eigenvalue weighted by Crippen LogP contribution is -2.31. The van der Waals surface area contributed by atoms with Gasteiger partial charge in [0.25, 0.3) is 5.91 Å². The number of thiazole rings is 1. The fourth-order valence-corrected chi connectivity index (χ4v) is 4.10. The van der Waals surface area contributed by atoms with Crippen molar-refractivity contribution in [3.63, 3.8) is 0 Å². The first-order valence-corrected chi connectivity index (χ1v) is 10.5. The highest BCUT2D eigenvalue weighted by Crippen LogP contribution is 2.30. The first-order chi connectivity index (χ1) is 15.1. The molecule has 1 unspecified atom stereocenters. The maximum Gasteiger partial charge on any atom is 0.271 e. The molecule has 0 aliphatic rings. The second kappa shape index (κ2) is 9.01. The van der Waals surface area contributed by atoms with Crippen LogP contribution in [0.3, 0.4) is 0 Å². The zero-order chi connectivity index (χ0) is 21.8. The maximum atomic E-state index is 13.1. The quantitative estimate of drug-likeness (QED) is 0.474. The largest absolute Gasteiger partial charge is 0.497 e. The summed E-state index contributed by atoms with van der Waals surface area (Å²) < 4.78 is 12.6. The predicted octanol–water partition coefficient (Wildman–Crippen LogP) is 4.08. The van der Waals surface area contributed by atoms with Crippen molar-refractivity contribution in [2.75, 3.05) is 14.2 Å². The van der Waals surface area contributed by atoms with Gasteiger partial charge in [0.15, 0.2) is 0 Å². The molecular weight excluding hydrogens is 412 g/mol. The molecule has 0 bridgehead atoms. The van der Waals surface area contributed by atoms with Gasteiger partial charge in [0.2, 0.25) is 0 Å². The highest BCUT2D eigenvalue weighted by molar-refractivity contribution is 7.13. The van der Waals surface area contributed by atoms with Gasteiger partial charge in [-0.15, -0.1) is 11.3 Å². The maximum absolute atomic E-state index is 13.1. The molecular formula is C23H22N4O3S.